The second kappa shape index (κ2) is 12.0. The van der Waals surface area contributed by atoms with Crippen LogP contribution in [0.25, 0.3) is 0 Å². The first kappa shape index (κ1) is 29.9. The molecule has 0 aromatic heterocycles. The number of hydrogen-bond acceptors (Lipinski definition) is 5. The summed E-state index contributed by atoms with van der Waals surface area (Å²) in [6, 6.07) is 1.75. The standard InChI is InChI=1S/C23H33F3N4O5/c1-13(2)9-15(12-30(34)35)20(32)29-18(22(3,4)5)21(33)28-17(19(27)31)11-14-7-6-8-16(10-14)23(24,25)26/h6-8,10,13,15,17-18H,9,11-12H2,1-5H3,(H2,27,31)(H,28,33)(H,29,32)/t15-,17-,18-/m1/s1. The van der Waals surface area contributed by atoms with Crippen LogP contribution in [0, 0.1) is 27.4 Å². The Kier molecular flexibility index (Phi) is 10.2. The molecule has 35 heavy (non-hydrogen) atoms. The van der Waals surface area contributed by atoms with E-state index in [0.717, 1.165) is 12.1 Å². The highest BCUT2D eigenvalue weighted by molar-refractivity contribution is 5.92. The number of alkyl halides is 3. The number of nitrogens with one attached hydrogen (secondary N) is 2. The lowest BCUT2D eigenvalue weighted by molar-refractivity contribution is -0.486. The van der Waals surface area contributed by atoms with Crippen molar-refractivity contribution in [2.24, 2.45) is 23.0 Å². The minimum absolute atomic E-state index is 0.0145. The summed E-state index contributed by atoms with van der Waals surface area (Å²) in [6.45, 7) is 7.94. The highest BCUT2D eigenvalue weighted by atomic mass is 19.4. The molecule has 0 saturated carbocycles. The van der Waals surface area contributed by atoms with E-state index in [9.17, 15) is 37.7 Å². The van der Waals surface area contributed by atoms with Gasteiger partial charge in [-0.15, -0.1) is 0 Å². The summed E-state index contributed by atoms with van der Waals surface area (Å²) in [5, 5.41) is 16.0. The van der Waals surface area contributed by atoms with Crippen LogP contribution in [-0.2, 0) is 27.0 Å². The van der Waals surface area contributed by atoms with Crippen LogP contribution in [0.2, 0.25) is 0 Å². The molecular formula is C23H33F3N4O5. The molecule has 0 heterocycles. The zero-order valence-electron chi connectivity index (χ0n) is 20.4. The molecule has 0 aliphatic rings. The second-order valence-corrected chi connectivity index (χ2v) is 10.0. The van der Waals surface area contributed by atoms with Gasteiger partial charge < -0.3 is 16.4 Å². The van der Waals surface area contributed by atoms with Crippen molar-refractivity contribution >= 4 is 17.7 Å². The molecule has 196 valence electrons. The van der Waals surface area contributed by atoms with E-state index in [0.29, 0.717) is 0 Å². The Morgan fingerprint density at radius 1 is 1.09 bits per heavy atom. The maximum Gasteiger partial charge on any atom is 0.416 e. The average molecular weight is 503 g/mol. The van der Waals surface area contributed by atoms with Gasteiger partial charge in [0, 0.05) is 11.3 Å². The van der Waals surface area contributed by atoms with Gasteiger partial charge >= 0.3 is 6.18 Å². The number of nitro groups is 1. The van der Waals surface area contributed by atoms with Crippen molar-refractivity contribution in [2.45, 2.75) is 65.7 Å². The molecule has 9 nitrogen and oxygen atoms in total. The molecule has 12 heteroatoms. The van der Waals surface area contributed by atoms with Crippen LogP contribution in [0.5, 0.6) is 0 Å². The lowest BCUT2D eigenvalue weighted by atomic mass is 9.85. The van der Waals surface area contributed by atoms with E-state index in [4.69, 9.17) is 5.73 Å². The number of nitrogens with zero attached hydrogens (tertiary/aromatic N) is 1. The topological polar surface area (TPSA) is 144 Å². The van der Waals surface area contributed by atoms with Crippen molar-refractivity contribution in [3.05, 3.63) is 45.5 Å². The molecule has 0 aliphatic heterocycles. The highest BCUT2D eigenvalue weighted by Gasteiger charge is 2.37. The van der Waals surface area contributed by atoms with Gasteiger partial charge in [0.15, 0.2) is 0 Å². The van der Waals surface area contributed by atoms with E-state index >= 15 is 0 Å². The van der Waals surface area contributed by atoms with Crippen LogP contribution in [0.4, 0.5) is 13.2 Å². The number of hydrogen-bond donors (Lipinski definition) is 3. The average Bonchev–Trinajstić information content (AvgIpc) is 2.68. The molecule has 1 aromatic rings. The number of carbonyl (C=O) groups is 3. The van der Waals surface area contributed by atoms with Crippen molar-refractivity contribution < 1.29 is 32.5 Å². The number of rotatable bonds is 11. The van der Waals surface area contributed by atoms with E-state index in [-0.39, 0.29) is 24.3 Å². The van der Waals surface area contributed by atoms with Crippen molar-refractivity contribution in [2.75, 3.05) is 6.54 Å². The summed E-state index contributed by atoms with van der Waals surface area (Å²) in [5.74, 6) is -3.43. The normalized spacial score (nSPS) is 14.7. The predicted octanol–water partition coefficient (Wildman–Crippen LogP) is 2.69. The van der Waals surface area contributed by atoms with Crippen LogP contribution in [0.15, 0.2) is 24.3 Å². The number of benzene rings is 1. The van der Waals surface area contributed by atoms with Gasteiger partial charge in [-0.1, -0.05) is 52.8 Å². The van der Waals surface area contributed by atoms with Crippen LogP contribution < -0.4 is 16.4 Å². The summed E-state index contributed by atoms with van der Waals surface area (Å²) in [7, 11) is 0. The van der Waals surface area contributed by atoms with Gasteiger partial charge in [0.1, 0.15) is 18.0 Å². The summed E-state index contributed by atoms with van der Waals surface area (Å²) < 4.78 is 39.0. The van der Waals surface area contributed by atoms with E-state index < -0.39 is 64.3 Å². The van der Waals surface area contributed by atoms with Gasteiger partial charge in [-0.05, 0) is 29.4 Å². The molecule has 3 amide bonds. The summed E-state index contributed by atoms with van der Waals surface area (Å²) in [6.07, 6.45) is -4.66. The third-order valence-corrected chi connectivity index (χ3v) is 5.27. The minimum atomic E-state index is -4.58. The summed E-state index contributed by atoms with van der Waals surface area (Å²) in [4.78, 5) is 48.3. The van der Waals surface area contributed by atoms with Gasteiger partial charge in [0.05, 0.1) is 5.56 Å². The molecule has 0 fully saturated rings. The Labute approximate surface area is 202 Å². The second-order valence-electron chi connectivity index (χ2n) is 10.0. The lowest BCUT2D eigenvalue weighted by Gasteiger charge is -2.32. The molecule has 0 spiro atoms. The number of carbonyl (C=O) groups excluding carboxylic acids is 3. The van der Waals surface area contributed by atoms with Crippen LogP contribution in [0.1, 0.15) is 52.2 Å². The number of halogens is 3. The molecular weight excluding hydrogens is 469 g/mol. The molecule has 4 N–H and O–H groups in total. The van der Waals surface area contributed by atoms with Gasteiger partial charge in [-0.2, -0.15) is 13.2 Å². The van der Waals surface area contributed by atoms with Crippen molar-refractivity contribution in [3.8, 4) is 0 Å². The fourth-order valence-corrected chi connectivity index (χ4v) is 3.54. The van der Waals surface area contributed by atoms with E-state index in [2.05, 4.69) is 10.6 Å². The Bertz CT molecular complexity index is 928. The van der Waals surface area contributed by atoms with Crippen molar-refractivity contribution in [3.63, 3.8) is 0 Å². The van der Waals surface area contributed by atoms with Crippen LogP contribution >= 0.6 is 0 Å². The summed E-state index contributed by atoms with van der Waals surface area (Å²) in [5.41, 5.74) is 3.74. The molecule has 1 aromatic carbocycles. The first-order valence-corrected chi connectivity index (χ1v) is 11.1. The quantitative estimate of drug-likeness (QED) is 0.315. The van der Waals surface area contributed by atoms with E-state index in [1.165, 1.54) is 12.1 Å². The molecule has 3 atom stereocenters. The third kappa shape index (κ3) is 9.91. The molecule has 0 unspecified atom stereocenters. The zero-order chi connectivity index (χ0) is 27.1. The van der Waals surface area contributed by atoms with Crippen molar-refractivity contribution in [1.82, 2.24) is 10.6 Å². The van der Waals surface area contributed by atoms with Crippen molar-refractivity contribution in [1.29, 1.82) is 0 Å². The Hall–Kier alpha value is -3.18. The monoisotopic (exact) mass is 502 g/mol. The minimum Gasteiger partial charge on any atom is -0.368 e. The summed E-state index contributed by atoms with van der Waals surface area (Å²) >= 11 is 0. The Morgan fingerprint density at radius 2 is 1.69 bits per heavy atom. The van der Waals surface area contributed by atoms with Gasteiger partial charge in [-0.3, -0.25) is 24.5 Å². The number of primary amides is 1. The maximum absolute atomic E-state index is 13.1. The number of amides is 3. The van der Waals surface area contributed by atoms with Gasteiger partial charge in [0.2, 0.25) is 24.3 Å². The molecule has 0 radical (unpaired) electrons. The largest absolute Gasteiger partial charge is 0.416 e. The molecule has 1 rings (SSSR count). The maximum atomic E-state index is 13.1. The SMILES string of the molecule is CC(C)C[C@H](C[N+](=O)[O-])C(=O)N[C@H](C(=O)N[C@H](Cc1cccc(C(F)(F)F)c1)C(N)=O)C(C)(C)C. The Balaban J connectivity index is 3.11. The molecule has 0 aliphatic carbocycles. The zero-order valence-corrected chi connectivity index (χ0v) is 20.4. The predicted molar refractivity (Wildman–Crippen MR) is 122 cm³/mol. The van der Waals surface area contributed by atoms with Gasteiger partial charge in [0.25, 0.3) is 0 Å². The number of nitrogens with two attached hydrogens (primary N) is 1. The lowest BCUT2D eigenvalue weighted by Crippen LogP contribution is -2.58. The van der Waals surface area contributed by atoms with Crippen LogP contribution in [0.3, 0.4) is 0 Å². The fraction of sp³-hybridized carbons (Fsp3) is 0.609. The van der Waals surface area contributed by atoms with Crippen LogP contribution in [-0.4, -0.2) is 41.3 Å². The molecule has 0 bridgehead atoms. The highest BCUT2D eigenvalue weighted by Crippen LogP contribution is 2.30. The van der Waals surface area contributed by atoms with E-state index in [1.807, 2.05) is 0 Å². The van der Waals surface area contributed by atoms with Gasteiger partial charge in [-0.25, -0.2) is 0 Å². The molecule has 0 saturated heterocycles. The van der Waals surface area contributed by atoms with E-state index in [1.54, 1.807) is 34.6 Å². The smallest absolute Gasteiger partial charge is 0.368 e. The first-order valence-electron chi connectivity index (χ1n) is 11.1. The Morgan fingerprint density at radius 3 is 2.14 bits per heavy atom. The first-order chi connectivity index (χ1) is 15.9. The fourth-order valence-electron chi connectivity index (χ4n) is 3.54. The third-order valence-electron chi connectivity index (χ3n) is 5.27.